The molecule has 0 spiro atoms. The number of carbonyl (C=O) groups excluding carboxylic acids is 1. The van der Waals surface area contributed by atoms with Crippen LogP contribution in [0.4, 0.5) is 14.5 Å². The van der Waals surface area contributed by atoms with E-state index in [4.69, 9.17) is 11.6 Å². The van der Waals surface area contributed by atoms with Crippen molar-refractivity contribution >= 4 is 33.2 Å². The van der Waals surface area contributed by atoms with E-state index in [0.29, 0.717) is 4.68 Å². The zero-order valence-corrected chi connectivity index (χ0v) is 14.1. The van der Waals surface area contributed by atoms with Gasteiger partial charge in [-0.05, 0) is 18.2 Å². The van der Waals surface area contributed by atoms with Crippen LogP contribution in [0.5, 0.6) is 0 Å². The lowest BCUT2D eigenvalue weighted by molar-refractivity contribution is 0.0566. The minimum atomic E-state index is -3.75. The summed E-state index contributed by atoms with van der Waals surface area (Å²) >= 11 is 5.93. The molecule has 0 bridgehead atoms. The van der Waals surface area contributed by atoms with Gasteiger partial charge >= 0.3 is 6.55 Å². The molecule has 24 heavy (non-hydrogen) atoms. The standard InChI is InChI=1S/C13H13ClF2N4O3S/c1-19(2)24(22,23)9-3-4-11(14)10(5-9)12(21)18-8-6-17-20(7-8)13(15)16/h3-7,13H,1-2H3,(H,18,21). The first-order valence-electron chi connectivity index (χ1n) is 6.48. The summed E-state index contributed by atoms with van der Waals surface area (Å²) in [7, 11) is -1.05. The molecule has 130 valence electrons. The molecule has 0 aliphatic carbocycles. The highest BCUT2D eigenvalue weighted by molar-refractivity contribution is 7.89. The smallest absolute Gasteiger partial charge is 0.319 e. The van der Waals surface area contributed by atoms with E-state index in [1.54, 1.807) is 0 Å². The number of rotatable bonds is 5. The van der Waals surface area contributed by atoms with E-state index in [2.05, 4.69) is 10.4 Å². The summed E-state index contributed by atoms with van der Waals surface area (Å²) in [6, 6.07) is 3.66. The van der Waals surface area contributed by atoms with Gasteiger partial charge in [0.15, 0.2) is 0 Å². The predicted molar refractivity (Wildman–Crippen MR) is 83.8 cm³/mol. The lowest BCUT2D eigenvalue weighted by Gasteiger charge is -2.13. The molecule has 0 fully saturated rings. The molecule has 0 saturated carbocycles. The third kappa shape index (κ3) is 3.71. The van der Waals surface area contributed by atoms with Crippen LogP contribution in [0, 0.1) is 0 Å². The molecule has 1 heterocycles. The van der Waals surface area contributed by atoms with Crippen molar-refractivity contribution in [2.24, 2.45) is 0 Å². The Bertz CT molecular complexity index is 868. The normalized spacial score (nSPS) is 12.0. The lowest BCUT2D eigenvalue weighted by atomic mass is 10.2. The van der Waals surface area contributed by atoms with E-state index in [-0.39, 0.29) is 21.2 Å². The van der Waals surface area contributed by atoms with Crippen LogP contribution in [0.3, 0.4) is 0 Å². The van der Waals surface area contributed by atoms with E-state index in [0.717, 1.165) is 22.8 Å². The Morgan fingerprint density at radius 1 is 1.38 bits per heavy atom. The third-order valence-electron chi connectivity index (χ3n) is 3.02. The molecule has 0 unspecified atom stereocenters. The van der Waals surface area contributed by atoms with Crippen molar-refractivity contribution in [1.29, 1.82) is 0 Å². The van der Waals surface area contributed by atoms with Gasteiger partial charge in [0.05, 0.1) is 33.6 Å². The summed E-state index contributed by atoms with van der Waals surface area (Å²) in [6.45, 7) is -2.84. The molecule has 0 aliphatic rings. The summed E-state index contributed by atoms with van der Waals surface area (Å²) in [6.07, 6.45) is 1.98. The predicted octanol–water partition coefficient (Wildman–Crippen LogP) is 2.43. The van der Waals surface area contributed by atoms with Crippen molar-refractivity contribution in [3.05, 3.63) is 41.2 Å². The summed E-state index contributed by atoms with van der Waals surface area (Å²) in [5, 5.41) is 5.73. The van der Waals surface area contributed by atoms with Crippen LogP contribution < -0.4 is 5.32 Å². The summed E-state index contributed by atoms with van der Waals surface area (Å²) in [4.78, 5) is 12.1. The number of amides is 1. The molecule has 1 N–H and O–H groups in total. The van der Waals surface area contributed by atoms with E-state index in [1.165, 1.54) is 26.2 Å². The average molecular weight is 379 g/mol. The molecule has 0 radical (unpaired) electrons. The van der Waals surface area contributed by atoms with Gasteiger partial charge in [-0.25, -0.2) is 17.4 Å². The number of halogens is 3. The molecule has 7 nitrogen and oxygen atoms in total. The van der Waals surface area contributed by atoms with Gasteiger partial charge in [0.25, 0.3) is 5.91 Å². The molecule has 0 atom stereocenters. The molecule has 2 rings (SSSR count). The molecule has 0 aliphatic heterocycles. The Balaban J connectivity index is 2.32. The van der Waals surface area contributed by atoms with Crippen LogP contribution in [0.2, 0.25) is 5.02 Å². The topological polar surface area (TPSA) is 84.3 Å². The van der Waals surface area contributed by atoms with Crippen molar-refractivity contribution in [3.8, 4) is 0 Å². The van der Waals surface area contributed by atoms with Gasteiger partial charge in [-0.15, -0.1) is 0 Å². The first-order chi connectivity index (χ1) is 11.1. The van der Waals surface area contributed by atoms with Crippen molar-refractivity contribution in [2.45, 2.75) is 11.4 Å². The Morgan fingerprint density at radius 3 is 2.58 bits per heavy atom. The maximum absolute atomic E-state index is 12.5. The number of hydrogen-bond donors (Lipinski definition) is 1. The van der Waals surface area contributed by atoms with E-state index < -0.39 is 22.5 Å². The number of hydrogen-bond acceptors (Lipinski definition) is 4. The van der Waals surface area contributed by atoms with Crippen LogP contribution in [-0.4, -0.2) is 42.5 Å². The van der Waals surface area contributed by atoms with Crippen molar-refractivity contribution < 1.29 is 22.0 Å². The summed E-state index contributed by atoms with van der Waals surface area (Å²) in [5.41, 5.74) is -0.0818. The van der Waals surface area contributed by atoms with Gasteiger partial charge in [0.1, 0.15) is 0 Å². The van der Waals surface area contributed by atoms with Gasteiger partial charge in [-0.2, -0.15) is 13.9 Å². The Kier molecular flexibility index (Phi) is 5.21. The van der Waals surface area contributed by atoms with Gasteiger partial charge in [-0.1, -0.05) is 11.6 Å². The largest absolute Gasteiger partial charge is 0.333 e. The van der Waals surface area contributed by atoms with E-state index >= 15 is 0 Å². The molecule has 2 aromatic rings. The lowest BCUT2D eigenvalue weighted by Crippen LogP contribution is -2.23. The van der Waals surface area contributed by atoms with Gasteiger partial charge < -0.3 is 5.32 Å². The molecular weight excluding hydrogens is 366 g/mol. The molecule has 1 aromatic carbocycles. The van der Waals surface area contributed by atoms with Gasteiger partial charge in [-0.3, -0.25) is 4.79 Å². The molecule has 0 saturated heterocycles. The summed E-state index contributed by atoms with van der Waals surface area (Å²) < 4.78 is 50.5. The average Bonchev–Trinajstić information content (AvgIpc) is 2.95. The second kappa shape index (κ2) is 6.83. The van der Waals surface area contributed by atoms with Crippen molar-refractivity contribution in [1.82, 2.24) is 14.1 Å². The first-order valence-corrected chi connectivity index (χ1v) is 8.30. The zero-order valence-electron chi connectivity index (χ0n) is 12.6. The first kappa shape index (κ1) is 18.3. The number of aromatic nitrogens is 2. The number of carbonyl (C=O) groups is 1. The number of sulfonamides is 1. The second-order valence-corrected chi connectivity index (χ2v) is 7.43. The van der Waals surface area contributed by atoms with Crippen LogP contribution >= 0.6 is 11.6 Å². The van der Waals surface area contributed by atoms with Crippen molar-refractivity contribution in [3.63, 3.8) is 0 Å². The molecule has 1 amide bonds. The number of nitrogens with one attached hydrogen (secondary N) is 1. The Labute approximate surface area is 141 Å². The van der Waals surface area contributed by atoms with Crippen LogP contribution in [0.1, 0.15) is 16.9 Å². The number of nitrogens with zero attached hydrogens (tertiary/aromatic N) is 3. The number of benzene rings is 1. The Morgan fingerprint density at radius 2 is 2.04 bits per heavy atom. The van der Waals surface area contributed by atoms with Crippen molar-refractivity contribution in [2.75, 3.05) is 19.4 Å². The van der Waals surface area contributed by atoms with E-state index in [1.807, 2.05) is 0 Å². The summed E-state index contributed by atoms with van der Waals surface area (Å²) in [5.74, 6) is -0.746. The maximum atomic E-state index is 12.5. The highest BCUT2D eigenvalue weighted by atomic mass is 35.5. The fourth-order valence-corrected chi connectivity index (χ4v) is 2.89. The quantitative estimate of drug-likeness (QED) is 0.866. The highest BCUT2D eigenvalue weighted by Crippen LogP contribution is 2.23. The van der Waals surface area contributed by atoms with Crippen LogP contribution in [0.15, 0.2) is 35.5 Å². The SMILES string of the molecule is CN(C)S(=O)(=O)c1ccc(Cl)c(C(=O)Nc2cnn(C(F)F)c2)c1. The maximum Gasteiger partial charge on any atom is 0.333 e. The highest BCUT2D eigenvalue weighted by Gasteiger charge is 2.21. The molecular formula is C13H13ClF2N4O3S. The Hall–Kier alpha value is -2.04. The zero-order chi connectivity index (χ0) is 18.1. The van der Waals surface area contributed by atoms with Crippen LogP contribution in [-0.2, 0) is 10.0 Å². The monoisotopic (exact) mass is 378 g/mol. The third-order valence-corrected chi connectivity index (χ3v) is 5.16. The molecule has 11 heteroatoms. The fraction of sp³-hybridized carbons (Fsp3) is 0.231. The number of anilines is 1. The number of alkyl halides is 2. The van der Waals surface area contributed by atoms with Gasteiger partial charge in [0, 0.05) is 14.1 Å². The minimum Gasteiger partial charge on any atom is -0.319 e. The van der Waals surface area contributed by atoms with Crippen LogP contribution in [0.25, 0.3) is 0 Å². The minimum absolute atomic E-state index is 0.0199. The van der Waals surface area contributed by atoms with Gasteiger partial charge in [0.2, 0.25) is 10.0 Å². The fourth-order valence-electron chi connectivity index (χ4n) is 1.76. The second-order valence-electron chi connectivity index (χ2n) is 4.87. The van der Waals surface area contributed by atoms with E-state index in [9.17, 15) is 22.0 Å². The molecule has 1 aromatic heterocycles.